The zero-order valence-corrected chi connectivity index (χ0v) is 23.7. The van der Waals surface area contributed by atoms with Crippen LogP contribution in [0.15, 0.2) is 119 Å². The van der Waals surface area contributed by atoms with Gasteiger partial charge in [-0.1, -0.05) is 48.5 Å². The van der Waals surface area contributed by atoms with Crippen LogP contribution < -0.4 is 15.4 Å². The number of nitro benzene ring substituents is 1. The molecule has 4 rings (SSSR count). The summed E-state index contributed by atoms with van der Waals surface area (Å²) in [6.45, 7) is 0.406. The Balaban J connectivity index is 1.36. The molecule has 0 aliphatic rings. The summed E-state index contributed by atoms with van der Waals surface area (Å²) in [5, 5.41) is 17.3. The van der Waals surface area contributed by atoms with E-state index >= 15 is 0 Å². The Morgan fingerprint density at radius 2 is 1.55 bits per heavy atom. The van der Waals surface area contributed by atoms with Gasteiger partial charge in [-0.2, -0.15) is 0 Å². The van der Waals surface area contributed by atoms with Crippen LogP contribution in [0.3, 0.4) is 0 Å². The van der Waals surface area contributed by atoms with Gasteiger partial charge in [0.15, 0.2) is 0 Å². The van der Waals surface area contributed by atoms with E-state index < -0.39 is 31.4 Å². The quantitative estimate of drug-likeness (QED) is 0.0627. The maximum absolute atomic E-state index is 12.9. The zero-order valence-electron chi connectivity index (χ0n) is 22.1. The maximum atomic E-state index is 12.9. The highest BCUT2D eigenvalue weighted by Gasteiger charge is 2.24. The van der Waals surface area contributed by atoms with Crippen LogP contribution in [0.4, 0.5) is 17.1 Å². The van der Waals surface area contributed by atoms with Crippen molar-refractivity contribution in [3.8, 4) is 0 Å². The van der Waals surface area contributed by atoms with Gasteiger partial charge in [-0.3, -0.25) is 19.7 Å². The van der Waals surface area contributed by atoms with Gasteiger partial charge in [0.1, 0.15) is 5.69 Å². The molecule has 0 saturated heterocycles. The largest absolute Gasteiger partial charge is 0.379 e. The second-order valence-corrected chi connectivity index (χ2v) is 11.6. The number of carbonyl (C=O) groups is 2. The van der Waals surface area contributed by atoms with Crippen molar-refractivity contribution >= 4 is 56.7 Å². The Morgan fingerprint density at radius 3 is 2.21 bits per heavy atom. The Kier molecular flexibility index (Phi) is 10.1. The van der Waals surface area contributed by atoms with Crippen molar-refractivity contribution in [1.82, 2.24) is 4.72 Å². The molecule has 12 heteroatoms. The van der Waals surface area contributed by atoms with E-state index in [1.165, 1.54) is 42.5 Å². The summed E-state index contributed by atoms with van der Waals surface area (Å²) < 4.78 is 27.7. The number of carbonyl (C=O) groups excluding carboxylic acids is 2. The molecule has 0 atom stereocenters. The third-order valence-corrected chi connectivity index (χ3v) is 8.12. The van der Waals surface area contributed by atoms with Crippen molar-refractivity contribution in [1.29, 1.82) is 0 Å². The SMILES string of the molecule is O=C(C=Cc1ccccc1)Nc1ccc(C(=O)NS(=O)(=O)c2ccc(NCCSc3ccccc3)c([N+](=O)[O-])c2)cc1. The van der Waals surface area contributed by atoms with Crippen molar-refractivity contribution in [3.05, 3.63) is 130 Å². The summed E-state index contributed by atoms with van der Waals surface area (Å²) in [7, 11) is -4.42. The van der Waals surface area contributed by atoms with E-state index in [0.29, 0.717) is 18.0 Å². The molecule has 0 spiro atoms. The summed E-state index contributed by atoms with van der Waals surface area (Å²) >= 11 is 1.57. The maximum Gasteiger partial charge on any atom is 0.293 e. The van der Waals surface area contributed by atoms with Gasteiger partial charge in [-0.15, -0.1) is 11.8 Å². The van der Waals surface area contributed by atoms with Crippen molar-refractivity contribution in [2.45, 2.75) is 9.79 Å². The van der Waals surface area contributed by atoms with Crippen LogP contribution in [-0.2, 0) is 14.8 Å². The molecule has 0 aromatic heterocycles. The summed E-state index contributed by atoms with van der Waals surface area (Å²) in [6.07, 6.45) is 3.02. The van der Waals surface area contributed by atoms with Crippen LogP contribution in [0.5, 0.6) is 0 Å². The highest BCUT2D eigenvalue weighted by atomic mass is 32.2. The number of sulfonamides is 1. The molecule has 2 amide bonds. The number of nitrogens with zero attached hydrogens (tertiary/aromatic N) is 1. The molecular weight excluding hydrogens is 576 g/mol. The van der Waals surface area contributed by atoms with E-state index in [1.54, 1.807) is 17.8 Å². The zero-order chi connectivity index (χ0) is 30.0. The molecule has 0 saturated carbocycles. The smallest absolute Gasteiger partial charge is 0.293 e. The van der Waals surface area contributed by atoms with Gasteiger partial charge < -0.3 is 10.6 Å². The lowest BCUT2D eigenvalue weighted by molar-refractivity contribution is -0.384. The van der Waals surface area contributed by atoms with Crippen LogP contribution in [0.2, 0.25) is 0 Å². The van der Waals surface area contributed by atoms with Crippen molar-refractivity contribution in [2.24, 2.45) is 0 Å². The van der Waals surface area contributed by atoms with E-state index in [0.717, 1.165) is 16.5 Å². The van der Waals surface area contributed by atoms with E-state index in [1.807, 2.05) is 65.4 Å². The molecule has 0 radical (unpaired) electrons. The van der Waals surface area contributed by atoms with Crippen LogP contribution in [0, 0.1) is 10.1 Å². The molecule has 214 valence electrons. The number of rotatable bonds is 12. The molecule has 42 heavy (non-hydrogen) atoms. The number of benzene rings is 4. The number of amides is 2. The molecule has 0 bridgehead atoms. The highest BCUT2D eigenvalue weighted by Crippen LogP contribution is 2.28. The first-order valence-corrected chi connectivity index (χ1v) is 15.1. The van der Waals surface area contributed by atoms with Crippen molar-refractivity contribution in [2.75, 3.05) is 22.9 Å². The van der Waals surface area contributed by atoms with E-state index in [4.69, 9.17) is 0 Å². The average Bonchev–Trinajstić information content (AvgIpc) is 2.99. The van der Waals surface area contributed by atoms with E-state index in [2.05, 4.69) is 10.6 Å². The Bertz CT molecular complexity index is 1700. The minimum atomic E-state index is -4.42. The van der Waals surface area contributed by atoms with Gasteiger partial charge in [0.05, 0.1) is 9.82 Å². The van der Waals surface area contributed by atoms with Crippen LogP contribution >= 0.6 is 11.8 Å². The normalized spacial score (nSPS) is 11.1. The molecule has 0 unspecified atom stereocenters. The molecule has 4 aromatic carbocycles. The lowest BCUT2D eigenvalue weighted by Gasteiger charge is -2.11. The summed E-state index contributed by atoms with van der Waals surface area (Å²) in [5.74, 6) is -0.683. The highest BCUT2D eigenvalue weighted by molar-refractivity contribution is 7.99. The number of hydrogen-bond acceptors (Lipinski definition) is 8. The minimum absolute atomic E-state index is 0.0140. The first-order valence-electron chi connectivity index (χ1n) is 12.6. The van der Waals surface area contributed by atoms with E-state index in [-0.39, 0.29) is 17.2 Å². The first-order chi connectivity index (χ1) is 20.2. The number of nitrogens with one attached hydrogen (secondary N) is 3. The van der Waals surface area contributed by atoms with Gasteiger partial charge >= 0.3 is 0 Å². The van der Waals surface area contributed by atoms with Crippen LogP contribution in [0.25, 0.3) is 6.08 Å². The predicted octanol–water partition coefficient (Wildman–Crippen LogP) is 5.57. The van der Waals surface area contributed by atoms with Gasteiger partial charge in [0.25, 0.3) is 21.6 Å². The predicted molar refractivity (Wildman–Crippen MR) is 164 cm³/mol. The summed E-state index contributed by atoms with van der Waals surface area (Å²) in [4.78, 5) is 36.4. The number of hydrogen-bond donors (Lipinski definition) is 3. The lowest BCUT2D eigenvalue weighted by atomic mass is 10.2. The standard InChI is InChI=1S/C30H26N4O6S2/c35-29(18-11-22-7-3-1-4-8-22)32-24-14-12-23(13-15-24)30(36)33-42(39,40)26-16-17-27(28(21-26)34(37)38)31-19-20-41-25-9-5-2-6-10-25/h1-18,21,31H,19-20H2,(H,32,35)(H,33,36). The van der Waals surface area contributed by atoms with Crippen molar-refractivity contribution in [3.63, 3.8) is 0 Å². The fourth-order valence-electron chi connectivity index (χ4n) is 3.72. The summed E-state index contributed by atoms with van der Waals surface area (Å²) in [6, 6.07) is 27.9. The molecule has 4 aromatic rings. The second-order valence-electron chi connectivity index (χ2n) is 8.77. The summed E-state index contributed by atoms with van der Waals surface area (Å²) in [5.41, 5.74) is 1.000. The third kappa shape index (κ3) is 8.53. The third-order valence-electron chi connectivity index (χ3n) is 5.77. The lowest BCUT2D eigenvalue weighted by Crippen LogP contribution is -2.30. The van der Waals surface area contributed by atoms with Crippen LogP contribution in [0.1, 0.15) is 15.9 Å². The first kappa shape index (κ1) is 30.0. The van der Waals surface area contributed by atoms with Gasteiger partial charge in [-0.05, 0) is 60.2 Å². The monoisotopic (exact) mass is 602 g/mol. The number of thioether (sulfide) groups is 1. The molecule has 0 heterocycles. The Labute approximate surface area is 247 Å². The van der Waals surface area contributed by atoms with Gasteiger partial charge in [0, 0.05) is 40.6 Å². The molecule has 3 N–H and O–H groups in total. The fourth-order valence-corrected chi connectivity index (χ4v) is 5.50. The topological polar surface area (TPSA) is 148 Å². The number of anilines is 2. The molecule has 0 fully saturated rings. The Hall–Kier alpha value is -4.94. The molecule has 0 aliphatic carbocycles. The number of nitro groups is 1. The Morgan fingerprint density at radius 1 is 0.881 bits per heavy atom. The molecular formula is C30H26N4O6S2. The van der Waals surface area contributed by atoms with Gasteiger partial charge in [0.2, 0.25) is 5.91 Å². The van der Waals surface area contributed by atoms with Gasteiger partial charge in [-0.25, -0.2) is 13.1 Å². The second kappa shape index (κ2) is 14.1. The fraction of sp³-hybridized carbons (Fsp3) is 0.0667. The molecule has 10 nitrogen and oxygen atoms in total. The van der Waals surface area contributed by atoms with E-state index in [9.17, 15) is 28.1 Å². The van der Waals surface area contributed by atoms with Crippen molar-refractivity contribution < 1.29 is 22.9 Å². The van der Waals surface area contributed by atoms with Crippen LogP contribution in [-0.4, -0.2) is 37.5 Å². The minimum Gasteiger partial charge on any atom is -0.379 e. The molecule has 0 aliphatic heterocycles. The average molecular weight is 603 g/mol.